The Labute approximate surface area is 126 Å². The van der Waals surface area contributed by atoms with Crippen LogP contribution in [-0.4, -0.2) is 32.8 Å². The average Bonchev–Trinajstić information content (AvgIpc) is 2.52. The molecule has 1 amide bonds. The minimum Gasteiger partial charge on any atom is -0.453 e. The second-order valence-corrected chi connectivity index (χ2v) is 4.52. The molecular formula is C15H24N4O2. The van der Waals surface area contributed by atoms with Gasteiger partial charge in [0.1, 0.15) is 0 Å². The highest BCUT2D eigenvalue weighted by Crippen LogP contribution is 2.09. The first-order chi connectivity index (χ1) is 10.2. The van der Waals surface area contributed by atoms with Gasteiger partial charge in [0, 0.05) is 25.8 Å². The predicted octanol–water partition coefficient (Wildman–Crippen LogP) is 2.33. The summed E-state index contributed by atoms with van der Waals surface area (Å²) in [7, 11) is 3.09. The molecule has 0 bridgehead atoms. The van der Waals surface area contributed by atoms with E-state index in [0.717, 1.165) is 30.9 Å². The van der Waals surface area contributed by atoms with Gasteiger partial charge in [0.15, 0.2) is 5.96 Å². The number of guanidine groups is 1. The highest BCUT2D eigenvalue weighted by Gasteiger charge is 2.01. The number of rotatable bonds is 6. The van der Waals surface area contributed by atoms with Gasteiger partial charge in [-0.15, -0.1) is 0 Å². The lowest BCUT2D eigenvalue weighted by molar-refractivity contribution is 0.187. The molecule has 0 fully saturated rings. The topological polar surface area (TPSA) is 74.8 Å². The van der Waals surface area contributed by atoms with E-state index in [1.807, 2.05) is 24.3 Å². The fourth-order valence-corrected chi connectivity index (χ4v) is 1.66. The third-order valence-electron chi connectivity index (χ3n) is 2.89. The van der Waals surface area contributed by atoms with Crippen molar-refractivity contribution in [1.82, 2.24) is 10.6 Å². The van der Waals surface area contributed by atoms with Crippen LogP contribution in [0.4, 0.5) is 10.5 Å². The highest BCUT2D eigenvalue weighted by atomic mass is 16.5. The Hall–Kier alpha value is -2.24. The number of benzene rings is 1. The molecule has 0 aliphatic heterocycles. The van der Waals surface area contributed by atoms with E-state index < -0.39 is 6.09 Å². The molecule has 3 N–H and O–H groups in total. The lowest BCUT2D eigenvalue weighted by Gasteiger charge is -2.12. The molecule has 0 saturated carbocycles. The van der Waals surface area contributed by atoms with Gasteiger partial charge >= 0.3 is 6.09 Å². The number of ether oxygens (including phenoxy) is 1. The number of anilines is 1. The third-order valence-corrected chi connectivity index (χ3v) is 2.89. The van der Waals surface area contributed by atoms with Gasteiger partial charge in [-0.1, -0.05) is 25.5 Å². The lowest BCUT2D eigenvalue weighted by atomic mass is 10.2. The Balaban J connectivity index is 2.42. The third kappa shape index (κ3) is 6.65. The Morgan fingerprint density at radius 2 is 1.95 bits per heavy atom. The zero-order valence-electron chi connectivity index (χ0n) is 12.9. The standard InChI is InChI=1S/C15H24N4O2/c1-4-5-10-17-14(16-2)18-11-12-6-8-13(9-7-12)19-15(20)21-3/h6-9H,4-5,10-11H2,1-3H3,(H,19,20)(H2,16,17,18). The van der Waals surface area contributed by atoms with Crippen molar-refractivity contribution < 1.29 is 9.53 Å². The second-order valence-electron chi connectivity index (χ2n) is 4.52. The number of nitrogens with one attached hydrogen (secondary N) is 3. The minimum absolute atomic E-state index is 0.471. The van der Waals surface area contributed by atoms with Crippen LogP contribution in [0.1, 0.15) is 25.3 Å². The molecule has 0 heterocycles. The first kappa shape index (κ1) is 16.8. The molecule has 0 unspecified atom stereocenters. The van der Waals surface area contributed by atoms with Gasteiger partial charge in [-0.3, -0.25) is 10.3 Å². The lowest BCUT2D eigenvalue weighted by Crippen LogP contribution is -2.37. The number of methoxy groups -OCH3 is 1. The molecule has 0 spiro atoms. The summed E-state index contributed by atoms with van der Waals surface area (Å²) in [5.74, 6) is 0.792. The number of carbonyl (C=O) groups is 1. The van der Waals surface area contributed by atoms with Gasteiger partial charge < -0.3 is 15.4 Å². The van der Waals surface area contributed by atoms with Crippen LogP contribution in [0, 0.1) is 0 Å². The summed E-state index contributed by atoms with van der Waals surface area (Å²) in [6.07, 6.45) is 1.80. The minimum atomic E-state index is -0.471. The number of amides is 1. The summed E-state index contributed by atoms with van der Waals surface area (Å²) < 4.78 is 4.54. The molecule has 0 radical (unpaired) electrons. The van der Waals surface area contributed by atoms with Gasteiger partial charge in [0.05, 0.1) is 7.11 Å². The summed E-state index contributed by atoms with van der Waals surface area (Å²) in [5, 5.41) is 9.11. The molecule has 1 aromatic carbocycles. The summed E-state index contributed by atoms with van der Waals surface area (Å²) in [4.78, 5) is 15.2. The molecule has 6 heteroatoms. The van der Waals surface area contributed by atoms with E-state index in [2.05, 4.69) is 32.6 Å². The number of unbranched alkanes of at least 4 members (excludes halogenated alkanes) is 1. The largest absolute Gasteiger partial charge is 0.453 e. The number of nitrogens with zero attached hydrogens (tertiary/aromatic N) is 1. The Bertz CT molecular complexity index is 457. The highest BCUT2D eigenvalue weighted by molar-refractivity contribution is 5.84. The van der Waals surface area contributed by atoms with E-state index in [9.17, 15) is 4.79 Å². The van der Waals surface area contributed by atoms with Crippen molar-refractivity contribution in [3.63, 3.8) is 0 Å². The van der Waals surface area contributed by atoms with Crippen LogP contribution in [0.15, 0.2) is 29.3 Å². The first-order valence-electron chi connectivity index (χ1n) is 7.08. The first-order valence-corrected chi connectivity index (χ1v) is 7.08. The van der Waals surface area contributed by atoms with Crippen LogP contribution in [0.3, 0.4) is 0 Å². The van der Waals surface area contributed by atoms with Crippen molar-refractivity contribution in [2.45, 2.75) is 26.3 Å². The molecule has 0 aromatic heterocycles. The molecule has 0 saturated heterocycles. The van der Waals surface area contributed by atoms with E-state index in [4.69, 9.17) is 0 Å². The fraction of sp³-hybridized carbons (Fsp3) is 0.467. The van der Waals surface area contributed by atoms with Gasteiger partial charge in [0.25, 0.3) is 0 Å². The molecule has 1 aromatic rings. The van der Waals surface area contributed by atoms with Gasteiger partial charge in [-0.25, -0.2) is 4.79 Å². The van der Waals surface area contributed by atoms with Gasteiger partial charge in [-0.2, -0.15) is 0 Å². The SMILES string of the molecule is CCCCNC(=NC)NCc1ccc(NC(=O)OC)cc1. The summed E-state index contributed by atoms with van der Waals surface area (Å²) in [6, 6.07) is 7.55. The van der Waals surface area contributed by atoms with Crippen molar-refractivity contribution in [3.8, 4) is 0 Å². The van der Waals surface area contributed by atoms with E-state index in [1.54, 1.807) is 7.05 Å². The van der Waals surface area contributed by atoms with E-state index in [0.29, 0.717) is 12.2 Å². The van der Waals surface area contributed by atoms with Crippen LogP contribution in [0.2, 0.25) is 0 Å². The number of carbonyl (C=O) groups excluding carboxylic acids is 1. The van der Waals surface area contributed by atoms with Crippen LogP contribution in [-0.2, 0) is 11.3 Å². The van der Waals surface area contributed by atoms with Crippen molar-refractivity contribution in [1.29, 1.82) is 0 Å². The zero-order chi connectivity index (χ0) is 15.5. The van der Waals surface area contributed by atoms with Crippen molar-refractivity contribution in [2.75, 3.05) is 26.0 Å². The van der Waals surface area contributed by atoms with E-state index >= 15 is 0 Å². The molecular weight excluding hydrogens is 268 g/mol. The Kier molecular flexibility index (Phi) is 7.71. The molecule has 0 atom stereocenters. The molecule has 116 valence electrons. The average molecular weight is 292 g/mol. The summed E-state index contributed by atoms with van der Waals surface area (Å²) in [5.41, 5.74) is 1.81. The normalized spacial score (nSPS) is 10.9. The van der Waals surface area contributed by atoms with Gasteiger partial charge in [0.2, 0.25) is 0 Å². The number of hydrogen-bond acceptors (Lipinski definition) is 3. The van der Waals surface area contributed by atoms with Crippen LogP contribution in [0.25, 0.3) is 0 Å². The van der Waals surface area contributed by atoms with Gasteiger partial charge in [-0.05, 0) is 24.1 Å². The summed E-state index contributed by atoms with van der Waals surface area (Å²) >= 11 is 0. The molecule has 0 aliphatic rings. The molecule has 21 heavy (non-hydrogen) atoms. The van der Waals surface area contributed by atoms with E-state index in [-0.39, 0.29) is 0 Å². The number of hydrogen-bond donors (Lipinski definition) is 3. The molecule has 1 rings (SSSR count). The maximum Gasteiger partial charge on any atom is 0.411 e. The van der Waals surface area contributed by atoms with Crippen molar-refractivity contribution >= 4 is 17.7 Å². The smallest absolute Gasteiger partial charge is 0.411 e. The maximum absolute atomic E-state index is 11.1. The maximum atomic E-state index is 11.1. The Morgan fingerprint density at radius 3 is 2.52 bits per heavy atom. The van der Waals surface area contributed by atoms with Crippen molar-refractivity contribution in [2.24, 2.45) is 4.99 Å². The molecule has 6 nitrogen and oxygen atoms in total. The molecule has 0 aliphatic carbocycles. The predicted molar refractivity (Wildman–Crippen MR) is 85.6 cm³/mol. The monoisotopic (exact) mass is 292 g/mol. The van der Waals surface area contributed by atoms with E-state index in [1.165, 1.54) is 7.11 Å². The second kappa shape index (κ2) is 9.63. The van der Waals surface area contributed by atoms with Crippen molar-refractivity contribution in [3.05, 3.63) is 29.8 Å². The quantitative estimate of drug-likeness (QED) is 0.427. The number of aliphatic imine (C=N–C) groups is 1. The Morgan fingerprint density at radius 1 is 1.24 bits per heavy atom. The van der Waals surface area contributed by atoms with Crippen LogP contribution in [0.5, 0.6) is 0 Å². The fourth-order valence-electron chi connectivity index (χ4n) is 1.66. The van der Waals surface area contributed by atoms with Crippen LogP contribution < -0.4 is 16.0 Å². The summed E-state index contributed by atoms with van der Waals surface area (Å²) in [6.45, 7) is 3.74. The zero-order valence-corrected chi connectivity index (χ0v) is 12.9. The van der Waals surface area contributed by atoms with Crippen LogP contribution >= 0.6 is 0 Å².